The molecule has 1 aliphatic rings. The minimum atomic E-state index is 0.135. The number of hydrogen-bond donors (Lipinski definition) is 0. The standard InChI is InChI=1S/C24H26N2O2S/c1-19-7-9-22(10-8-19)28-17-21-15-23(29-18-21)24(27)26-13-11-25(12-14-26)16-20-5-3-2-4-6-20/h2-10,15,18H,11-14,16-17H2,1H3. The summed E-state index contributed by atoms with van der Waals surface area (Å²) in [5.74, 6) is 0.986. The molecule has 4 nitrogen and oxygen atoms in total. The molecule has 0 radical (unpaired) electrons. The quantitative estimate of drug-likeness (QED) is 0.600. The number of carbonyl (C=O) groups excluding carboxylic acids is 1. The highest BCUT2D eigenvalue weighted by atomic mass is 32.1. The smallest absolute Gasteiger partial charge is 0.264 e. The molecule has 0 N–H and O–H groups in total. The second-order valence-electron chi connectivity index (χ2n) is 7.47. The third kappa shape index (κ3) is 5.25. The Labute approximate surface area is 176 Å². The van der Waals surface area contributed by atoms with Gasteiger partial charge in [-0.05, 0) is 36.1 Å². The van der Waals surface area contributed by atoms with E-state index in [2.05, 4.69) is 36.1 Å². The topological polar surface area (TPSA) is 32.8 Å². The molecule has 0 unspecified atom stereocenters. The largest absolute Gasteiger partial charge is 0.489 e. The van der Waals surface area contributed by atoms with Crippen LogP contribution >= 0.6 is 11.3 Å². The molecule has 1 fully saturated rings. The fourth-order valence-corrected chi connectivity index (χ4v) is 4.33. The van der Waals surface area contributed by atoms with Crippen molar-refractivity contribution in [1.29, 1.82) is 0 Å². The number of benzene rings is 2. The molecule has 1 amide bonds. The van der Waals surface area contributed by atoms with Gasteiger partial charge in [-0.2, -0.15) is 0 Å². The van der Waals surface area contributed by atoms with Gasteiger partial charge in [0.2, 0.25) is 0 Å². The van der Waals surface area contributed by atoms with Gasteiger partial charge in [-0.1, -0.05) is 48.0 Å². The van der Waals surface area contributed by atoms with Crippen LogP contribution in [-0.2, 0) is 13.2 Å². The van der Waals surface area contributed by atoms with Crippen molar-refractivity contribution in [2.75, 3.05) is 26.2 Å². The van der Waals surface area contributed by atoms with E-state index in [4.69, 9.17) is 4.74 Å². The van der Waals surface area contributed by atoms with Gasteiger partial charge in [0.25, 0.3) is 5.91 Å². The van der Waals surface area contributed by atoms with Gasteiger partial charge in [-0.15, -0.1) is 11.3 Å². The van der Waals surface area contributed by atoms with Crippen LogP contribution in [0.5, 0.6) is 5.75 Å². The summed E-state index contributed by atoms with van der Waals surface area (Å²) < 4.78 is 5.83. The summed E-state index contributed by atoms with van der Waals surface area (Å²) in [6.07, 6.45) is 0. The first-order valence-corrected chi connectivity index (χ1v) is 10.9. The lowest BCUT2D eigenvalue weighted by atomic mass is 10.2. The Morgan fingerprint density at radius 3 is 2.41 bits per heavy atom. The number of hydrogen-bond acceptors (Lipinski definition) is 4. The first-order valence-electron chi connectivity index (χ1n) is 10.00. The average Bonchev–Trinajstić information content (AvgIpc) is 3.23. The van der Waals surface area contributed by atoms with Gasteiger partial charge < -0.3 is 9.64 Å². The Bertz CT molecular complexity index is 929. The van der Waals surface area contributed by atoms with Crippen LogP contribution in [0.4, 0.5) is 0 Å². The van der Waals surface area contributed by atoms with Gasteiger partial charge in [0.05, 0.1) is 4.88 Å². The van der Waals surface area contributed by atoms with E-state index in [0.29, 0.717) is 6.61 Å². The maximum atomic E-state index is 12.9. The number of nitrogens with zero attached hydrogens (tertiary/aromatic N) is 2. The highest BCUT2D eigenvalue weighted by Crippen LogP contribution is 2.21. The van der Waals surface area contributed by atoms with Crippen LogP contribution in [0.25, 0.3) is 0 Å². The molecule has 1 saturated heterocycles. The number of amides is 1. The molecular formula is C24H26N2O2S. The molecule has 0 atom stereocenters. The Morgan fingerprint density at radius 1 is 0.966 bits per heavy atom. The summed E-state index contributed by atoms with van der Waals surface area (Å²) in [7, 11) is 0. The van der Waals surface area contributed by atoms with E-state index in [-0.39, 0.29) is 5.91 Å². The van der Waals surface area contributed by atoms with Gasteiger partial charge in [0.15, 0.2) is 0 Å². The fraction of sp³-hybridized carbons (Fsp3) is 0.292. The lowest BCUT2D eigenvalue weighted by Gasteiger charge is -2.34. The summed E-state index contributed by atoms with van der Waals surface area (Å²) in [4.78, 5) is 18.0. The normalized spacial score (nSPS) is 14.7. The molecule has 0 saturated carbocycles. The predicted molar refractivity (Wildman–Crippen MR) is 117 cm³/mol. The van der Waals surface area contributed by atoms with E-state index >= 15 is 0 Å². The second kappa shape index (κ2) is 9.25. The van der Waals surface area contributed by atoms with Gasteiger partial charge in [0.1, 0.15) is 12.4 Å². The molecule has 150 valence electrons. The van der Waals surface area contributed by atoms with Crippen LogP contribution < -0.4 is 4.74 Å². The Balaban J connectivity index is 1.27. The van der Waals surface area contributed by atoms with Crippen molar-refractivity contribution in [2.45, 2.75) is 20.1 Å². The molecule has 1 aromatic heterocycles. The van der Waals surface area contributed by atoms with Gasteiger partial charge in [0, 0.05) is 38.3 Å². The zero-order chi connectivity index (χ0) is 20.1. The molecule has 2 heterocycles. The van der Waals surface area contributed by atoms with Crippen molar-refractivity contribution in [3.8, 4) is 5.75 Å². The van der Waals surface area contributed by atoms with E-state index in [0.717, 1.165) is 48.9 Å². The summed E-state index contributed by atoms with van der Waals surface area (Å²) in [6, 6.07) is 20.5. The molecule has 0 bridgehead atoms. The number of rotatable bonds is 6. The zero-order valence-corrected chi connectivity index (χ0v) is 17.5. The highest BCUT2D eigenvalue weighted by molar-refractivity contribution is 7.12. The number of ether oxygens (including phenoxy) is 1. The SMILES string of the molecule is Cc1ccc(OCc2csc(C(=O)N3CCN(Cc4ccccc4)CC3)c2)cc1. The maximum absolute atomic E-state index is 12.9. The van der Waals surface area contributed by atoms with Crippen molar-refractivity contribution in [1.82, 2.24) is 9.80 Å². The highest BCUT2D eigenvalue weighted by Gasteiger charge is 2.23. The summed E-state index contributed by atoms with van der Waals surface area (Å²) in [5, 5.41) is 2.02. The van der Waals surface area contributed by atoms with E-state index in [9.17, 15) is 4.79 Å². The zero-order valence-electron chi connectivity index (χ0n) is 16.7. The van der Waals surface area contributed by atoms with Crippen LogP contribution in [0.3, 0.4) is 0 Å². The minimum Gasteiger partial charge on any atom is -0.489 e. The molecule has 29 heavy (non-hydrogen) atoms. The molecular weight excluding hydrogens is 380 g/mol. The third-order valence-corrected chi connectivity index (χ3v) is 6.17. The minimum absolute atomic E-state index is 0.135. The third-order valence-electron chi connectivity index (χ3n) is 5.20. The molecule has 5 heteroatoms. The molecule has 0 aliphatic carbocycles. The Morgan fingerprint density at radius 2 is 1.69 bits per heavy atom. The van der Waals surface area contributed by atoms with Gasteiger partial charge in [-0.3, -0.25) is 9.69 Å². The first kappa shape index (κ1) is 19.7. The number of carbonyl (C=O) groups is 1. The molecule has 3 aromatic rings. The number of aryl methyl sites for hydroxylation is 1. The van der Waals surface area contributed by atoms with Crippen LogP contribution in [0.1, 0.15) is 26.4 Å². The Hall–Kier alpha value is -2.63. The van der Waals surface area contributed by atoms with E-state index in [1.807, 2.05) is 46.7 Å². The number of piperazine rings is 1. The van der Waals surface area contributed by atoms with Gasteiger partial charge >= 0.3 is 0 Å². The first-order chi connectivity index (χ1) is 14.2. The van der Waals surface area contributed by atoms with Crippen LogP contribution in [0.15, 0.2) is 66.0 Å². The molecule has 0 spiro atoms. The lowest BCUT2D eigenvalue weighted by molar-refractivity contribution is 0.0633. The number of thiophene rings is 1. The van der Waals surface area contributed by atoms with Crippen molar-refractivity contribution in [2.24, 2.45) is 0 Å². The van der Waals surface area contributed by atoms with Crippen molar-refractivity contribution < 1.29 is 9.53 Å². The summed E-state index contributed by atoms with van der Waals surface area (Å²) in [6.45, 7) is 6.87. The maximum Gasteiger partial charge on any atom is 0.264 e. The predicted octanol–water partition coefficient (Wildman–Crippen LogP) is 4.59. The summed E-state index contributed by atoms with van der Waals surface area (Å²) in [5.41, 5.74) is 3.58. The molecule has 4 rings (SSSR count). The molecule has 1 aliphatic heterocycles. The van der Waals surface area contributed by atoms with Crippen LogP contribution in [0.2, 0.25) is 0 Å². The Kier molecular flexibility index (Phi) is 6.27. The van der Waals surface area contributed by atoms with Crippen LogP contribution in [0, 0.1) is 6.92 Å². The van der Waals surface area contributed by atoms with E-state index < -0.39 is 0 Å². The molecule has 2 aromatic carbocycles. The van der Waals surface area contributed by atoms with Crippen molar-refractivity contribution in [3.05, 3.63) is 87.6 Å². The monoisotopic (exact) mass is 406 g/mol. The van der Waals surface area contributed by atoms with Gasteiger partial charge in [-0.25, -0.2) is 0 Å². The van der Waals surface area contributed by atoms with Crippen molar-refractivity contribution >= 4 is 17.2 Å². The fourth-order valence-electron chi connectivity index (χ4n) is 3.47. The van der Waals surface area contributed by atoms with E-state index in [1.54, 1.807) is 0 Å². The van der Waals surface area contributed by atoms with E-state index in [1.165, 1.54) is 22.5 Å². The lowest BCUT2D eigenvalue weighted by Crippen LogP contribution is -2.48. The van der Waals surface area contributed by atoms with Crippen LogP contribution in [-0.4, -0.2) is 41.9 Å². The van der Waals surface area contributed by atoms with Crippen molar-refractivity contribution in [3.63, 3.8) is 0 Å². The summed E-state index contributed by atoms with van der Waals surface area (Å²) >= 11 is 1.51. The second-order valence-corrected chi connectivity index (χ2v) is 8.39. The average molecular weight is 407 g/mol.